The van der Waals surface area contributed by atoms with Crippen LogP contribution in [0.4, 0.5) is 4.39 Å². The molecule has 1 nitrogen and oxygen atoms in total. The average Bonchev–Trinajstić information content (AvgIpc) is 2.81. The van der Waals surface area contributed by atoms with Crippen LogP contribution in [0.5, 0.6) is 0 Å². The van der Waals surface area contributed by atoms with Crippen LogP contribution in [-0.4, -0.2) is 6.54 Å². The largest absolute Gasteiger partial charge is 0.330 e. The van der Waals surface area contributed by atoms with Crippen molar-refractivity contribution in [2.24, 2.45) is 11.1 Å². The molecule has 0 heterocycles. The number of fused-ring (bicyclic) bond motifs is 1. The lowest BCUT2D eigenvalue weighted by Crippen LogP contribution is -2.33. The Morgan fingerprint density at radius 2 is 1.75 bits per heavy atom. The second-order valence-electron chi connectivity index (χ2n) is 6.07. The number of rotatable bonds is 3. The summed E-state index contributed by atoms with van der Waals surface area (Å²) >= 11 is 0. The smallest absolute Gasteiger partial charge is 0.123 e. The first-order chi connectivity index (χ1) is 9.62. The summed E-state index contributed by atoms with van der Waals surface area (Å²) in [5, 5.41) is 0. The number of aryl methyl sites for hydroxylation is 1. The summed E-state index contributed by atoms with van der Waals surface area (Å²) in [4.78, 5) is 0. The summed E-state index contributed by atoms with van der Waals surface area (Å²) in [6.07, 6.45) is 2.97. The van der Waals surface area contributed by atoms with Crippen molar-refractivity contribution in [3.05, 3.63) is 70.5 Å². The second kappa shape index (κ2) is 5.02. The van der Waals surface area contributed by atoms with E-state index in [1.165, 1.54) is 16.7 Å². The molecule has 0 unspecified atom stereocenters. The van der Waals surface area contributed by atoms with Gasteiger partial charge >= 0.3 is 0 Å². The molecule has 3 rings (SSSR count). The van der Waals surface area contributed by atoms with Crippen molar-refractivity contribution < 1.29 is 4.39 Å². The van der Waals surface area contributed by atoms with Crippen LogP contribution < -0.4 is 5.73 Å². The third-order valence-electron chi connectivity index (χ3n) is 4.55. The Morgan fingerprint density at radius 1 is 1.10 bits per heavy atom. The van der Waals surface area contributed by atoms with Crippen molar-refractivity contribution in [3.8, 4) is 0 Å². The highest BCUT2D eigenvalue weighted by Crippen LogP contribution is 2.39. The topological polar surface area (TPSA) is 26.0 Å². The van der Waals surface area contributed by atoms with Gasteiger partial charge in [0.05, 0.1) is 0 Å². The third-order valence-corrected chi connectivity index (χ3v) is 4.55. The zero-order valence-corrected chi connectivity index (χ0v) is 11.8. The molecule has 104 valence electrons. The normalized spacial score (nSPS) is 16.1. The fraction of sp³-hybridized carbons (Fsp3) is 0.333. The molecule has 0 amide bonds. The van der Waals surface area contributed by atoms with Gasteiger partial charge in [-0.15, -0.1) is 0 Å². The summed E-state index contributed by atoms with van der Waals surface area (Å²) in [7, 11) is 0. The highest BCUT2D eigenvalue weighted by Gasteiger charge is 2.36. The predicted octanol–water partition coefficient (Wildman–Crippen LogP) is 3.42. The van der Waals surface area contributed by atoms with Crippen molar-refractivity contribution in [1.82, 2.24) is 0 Å². The van der Waals surface area contributed by atoms with E-state index in [1.54, 1.807) is 12.1 Å². The number of nitrogens with two attached hydrogens (primary N) is 1. The molecule has 2 aromatic carbocycles. The molecule has 0 radical (unpaired) electrons. The Labute approximate surface area is 119 Å². The number of benzene rings is 2. The average molecular weight is 269 g/mol. The molecule has 0 spiro atoms. The van der Waals surface area contributed by atoms with Crippen LogP contribution >= 0.6 is 0 Å². The van der Waals surface area contributed by atoms with E-state index in [4.69, 9.17) is 5.73 Å². The molecule has 0 aromatic heterocycles. The van der Waals surface area contributed by atoms with Gasteiger partial charge in [-0.05, 0) is 72.5 Å². The van der Waals surface area contributed by atoms with Gasteiger partial charge in [-0.25, -0.2) is 4.39 Å². The number of hydrogen-bond donors (Lipinski definition) is 1. The lowest BCUT2D eigenvalue weighted by Gasteiger charge is -2.28. The van der Waals surface area contributed by atoms with Crippen molar-refractivity contribution >= 4 is 0 Å². The summed E-state index contributed by atoms with van der Waals surface area (Å²) in [5.41, 5.74) is 11.3. The van der Waals surface area contributed by atoms with E-state index in [9.17, 15) is 4.39 Å². The first kappa shape index (κ1) is 13.3. The zero-order valence-electron chi connectivity index (χ0n) is 11.8. The Morgan fingerprint density at radius 3 is 2.30 bits per heavy atom. The standard InChI is InChI=1S/C18H20FN/c1-13-8-17(19)7-6-14(13)9-18(12-20)10-15-4-2-3-5-16(15)11-18/h2-8H,9-12,20H2,1H3. The van der Waals surface area contributed by atoms with Crippen LogP contribution in [0.3, 0.4) is 0 Å². The van der Waals surface area contributed by atoms with E-state index in [1.807, 2.05) is 13.0 Å². The van der Waals surface area contributed by atoms with Gasteiger partial charge in [-0.2, -0.15) is 0 Å². The molecule has 1 aliphatic carbocycles. The second-order valence-corrected chi connectivity index (χ2v) is 6.07. The molecular weight excluding hydrogens is 249 g/mol. The van der Waals surface area contributed by atoms with Gasteiger partial charge in [0.15, 0.2) is 0 Å². The molecule has 0 saturated carbocycles. The molecule has 0 aliphatic heterocycles. The van der Waals surface area contributed by atoms with E-state index in [0.29, 0.717) is 6.54 Å². The lowest BCUT2D eigenvalue weighted by molar-refractivity contribution is 0.314. The molecule has 20 heavy (non-hydrogen) atoms. The number of halogens is 1. The van der Waals surface area contributed by atoms with Crippen molar-refractivity contribution in [1.29, 1.82) is 0 Å². The lowest BCUT2D eigenvalue weighted by atomic mass is 9.78. The Bertz CT molecular complexity index is 608. The molecule has 0 atom stereocenters. The molecule has 2 aromatic rings. The van der Waals surface area contributed by atoms with E-state index in [2.05, 4.69) is 24.3 Å². The van der Waals surface area contributed by atoms with Gasteiger partial charge in [-0.1, -0.05) is 30.3 Å². The summed E-state index contributed by atoms with van der Waals surface area (Å²) in [5.74, 6) is -0.164. The van der Waals surface area contributed by atoms with Crippen molar-refractivity contribution in [2.45, 2.75) is 26.2 Å². The molecule has 0 saturated heterocycles. The van der Waals surface area contributed by atoms with Gasteiger partial charge < -0.3 is 5.73 Å². The van der Waals surface area contributed by atoms with Gasteiger partial charge in [0, 0.05) is 0 Å². The van der Waals surface area contributed by atoms with E-state index >= 15 is 0 Å². The van der Waals surface area contributed by atoms with E-state index in [-0.39, 0.29) is 11.2 Å². The molecule has 0 fully saturated rings. The molecule has 2 N–H and O–H groups in total. The quantitative estimate of drug-likeness (QED) is 0.907. The minimum absolute atomic E-state index is 0.0896. The van der Waals surface area contributed by atoms with Gasteiger partial charge in [0.1, 0.15) is 5.82 Å². The predicted molar refractivity (Wildman–Crippen MR) is 80.2 cm³/mol. The van der Waals surface area contributed by atoms with Crippen LogP contribution in [0.25, 0.3) is 0 Å². The minimum Gasteiger partial charge on any atom is -0.330 e. The van der Waals surface area contributed by atoms with Gasteiger partial charge in [-0.3, -0.25) is 0 Å². The maximum atomic E-state index is 13.2. The minimum atomic E-state index is -0.164. The fourth-order valence-corrected chi connectivity index (χ4v) is 3.38. The Balaban J connectivity index is 1.89. The van der Waals surface area contributed by atoms with Crippen LogP contribution in [0.1, 0.15) is 22.3 Å². The van der Waals surface area contributed by atoms with Crippen molar-refractivity contribution in [2.75, 3.05) is 6.54 Å². The molecule has 2 heteroatoms. The highest BCUT2D eigenvalue weighted by atomic mass is 19.1. The fourth-order valence-electron chi connectivity index (χ4n) is 3.38. The highest BCUT2D eigenvalue weighted by molar-refractivity contribution is 5.37. The maximum Gasteiger partial charge on any atom is 0.123 e. The van der Waals surface area contributed by atoms with Crippen LogP contribution in [0, 0.1) is 18.2 Å². The van der Waals surface area contributed by atoms with Crippen LogP contribution in [-0.2, 0) is 19.3 Å². The maximum absolute atomic E-state index is 13.2. The molecule has 1 aliphatic rings. The summed E-state index contributed by atoms with van der Waals surface area (Å²) < 4.78 is 13.2. The number of hydrogen-bond acceptors (Lipinski definition) is 1. The first-order valence-corrected chi connectivity index (χ1v) is 7.14. The van der Waals surface area contributed by atoms with Crippen LogP contribution in [0.15, 0.2) is 42.5 Å². The van der Waals surface area contributed by atoms with Crippen molar-refractivity contribution in [3.63, 3.8) is 0 Å². The van der Waals surface area contributed by atoms with E-state index in [0.717, 1.165) is 24.8 Å². The zero-order chi connectivity index (χ0) is 14.2. The first-order valence-electron chi connectivity index (χ1n) is 7.14. The molecule has 0 bridgehead atoms. The Hall–Kier alpha value is -1.67. The SMILES string of the molecule is Cc1cc(F)ccc1CC1(CN)Cc2ccccc2C1. The monoisotopic (exact) mass is 269 g/mol. The Kier molecular flexibility index (Phi) is 3.35. The van der Waals surface area contributed by atoms with Gasteiger partial charge in [0.25, 0.3) is 0 Å². The molecular formula is C18H20FN. The summed E-state index contributed by atoms with van der Waals surface area (Å²) in [6.45, 7) is 2.64. The van der Waals surface area contributed by atoms with E-state index < -0.39 is 0 Å². The van der Waals surface area contributed by atoms with Gasteiger partial charge in [0.2, 0.25) is 0 Å². The summed E-state index contributed by atoms with van der Waals surface area (Å²) in [6, 6.07) is 13.7. The third kappa shape index (κ3) is 2.36. The van der Waals surface area contributed by atoms with Crippen LogP contribution in [0.2, 0.25) is 0 Å².